The number of hydrogen-bond acceptors (Lipinski definition) is 0. The average Bonchev–Trinajstić information content (AvgIpc) is 2.34. The van der Waals surface area contributed by atoms with Gasteiger partial charge in [0, 0.05) is 0 Å². The Balaban J connectivity index is 0. The zero-order chi connectivity index (χ0) is 13.4. The number of rotatable bonds is 9. The van der Waals surface area contributed by atoms with Crippen molar-refractivity contribution in [2.24, 2.45) is 5.92 Å². The van der Waals surface area contributed by atoms with Crippen molar-refractivity contribution in [3.8, 4) is 0 Å². The summed E-state index contributed by atoms with van der Waals surface area (Å²) in [5, 5.41) is 0. The maximum Gasteiger partial charge on any atom is -0.0351 e. The van der Waals surface area contributed by atoms with Gasteiger partial charge in [-0.2, -0.15) is 0 Å². The van der Waals surface area contributed by atoms with Crippen LogP contribution in [0.25, 0.3) is 0 Å². The van der Waals surface area contributed by atoms with Crippen LogP contribution in [0.1, 0.15) is 65.7 Å². The fraction of sp³-hybridized carbons (Fsp3) is 0.647. The van der Waals surface area contributed by atoms with Crippen LogP contribution in [0.3, 0.4) is 0 Å². The van der Waals surface area contributed by atoms with E-state index in [1.807, 2.05) is 0 Å². The Morgan fingerprint density at radius 1 is 0.941 bits per heavy atom. The molecule has 0 aromatic rings. The lowest BCUT2D eigenvalue weighted by Gasteiger charge is -2.08. The van der Waals surface area contributed by atoms with Crippen LogP contribution in [0.15, 0.2) is 37.5 Å². The van der Waals surface area contributed by atoms with Crippen molar-refractivity contribution in [2.45, 2.75) is 65.7 Å². The molecule has 0 aliphatic carbocycles. The highest BCUT2D eigenvalue weighted by molar-refractivity contribution is 4.88. The van der Waals surface area contributed by atoms with Crippen molar-refractivity contribution in [1.82, 2.24) is 0 Å². The van der Waals surface area contributed by atoms with E-state index in [1.165, 1.54) is 44.9 Å². The van der Waals surface area contributed by atoms with Gasteiger partial charge in [0.25, 0.3) is 0 Å². The van der Waals surface area contributed by atoms with Crippen LogP contribution < -0.4 is 0 Å². The predicted molar refractivity (Wildman–Crippen MR) is 82.4 cm³/mol. The number of unbranched alkanes of at least 4 members (excludes halogenated alkanes) is 2. The third kappa shape index (κ3) is 21.1. The molecule has 0 aromatic carbocycles. The average molecular weight is 236 g/mol. The Morgan fingerprint density at radius 2 is 1.59 bits per heavy atom. The minimum Gasteiger partial charge on any atom is -0.0991 e. The predicted octanol–water partition coefficient (Wildman–Crippen LogP) is 6.31. The Kier molecular flexibility index (Phi) is 19.2. The first kappa shape index (κ1) is 18.6. The van der Waals surface area contributed by atoms with Gasteiger partial charge in [0.2, 0.25) is 0 Å². The second-order valence-electron chi connectivity index (χ2n) is 4.53. The van der Waals surface area contributed by atoms with E-state index in [2.05, 4.69) is 46.1 Å². The number of hydrogen-bond donors (Lipinski definition) is 0. The molecule has 0 fully saturated rings. The minimum atomic E-state index is 0.945. The summed E-state index contributed by atoms with van der Waals surface area (Å²) in [6, 6.07) is 0. The fourth-order valence-electron chi connectivity index (χ4n) is 1.68. The summed E-state index contributed by atoms with van der Waals surface area (Å²) in [5.41, 5.74) is 0. The van der Waals surface area contributed by atoms with Gasteiger partial charge in [-0.3, -0.25) is 0 Å². The third-order valence-corrected chi connectivity index (χ3v) is 2.67. The lowest BCUT2D eigenvalue weighted by Crippen LogP contribution is -1.93. The molecule has 0 radical (unpaired) electrons. The summed E-state index contributed by atoms with van der Waals surface area (Å²) in [4.78, 5) is 0. The van der Waals surface area contributed by atoms with Crippen LogP contribution >= 0.6 is 0 Å². The van der Waals surface area contributed by atoms with E-state index in [9.17, 15) is 0 Å². The monoisotopic (exact) mass is 236 g/mol. The van der Waals surface area contributed by atoms with E-state index in [1.54, 1.807) is 12.2 Å². The molecule has 1 unspecified atom stereocenters. The Hall–Kier alpha value is -0.780. The van der Waals surface area contributed by atoms with E-state index >= 15 is 0 Å². The van der Waals surface area contributed by atoms with Gasteiger partial charge in [0.1, 0.15) is 0 Å². The van der Waals surface area contributed by atoms with Gasteiger partial charge in [-0.05, 0) is 25.2 Å². The van der Waals surface area contributed by atoms with E-state index in [4.69, 9.17) is 0 Å². The molecular weight excluding hydrogens is 204 g/mol. The van der Waals surface area contributed by atoms with Crippen LogP contribution in [0.2, 0.25) is 0 Å². The molecule has 0 rings (SSSR count). The van der Waals surface area contributed by atoms with Crippen molar-refractivity contribution in [3.63, 3.8) is 0 Å². The SMILES string of the molecule is C=CC=C.CC/C=C\CCCCC(C)CCC. The molecule has 0 amide bonds. The van der Waals surface area contributed by atoms with Crippen LogP contribution in [0.5, 0.6) is 0 Å². The standard InChI is InChI=1S/C13H26.C4H6/c1-4-6-7-8-9-10-12-13(3)11-5-2;1-3-4-2/h6-7,13H,4-5,8-12H2,1-3H3;3-4H,1-2H2/b7-6-;. The topological polar surface area (TPSA) is 0 Å². The molecule has 17 heavy (non-hydrogen) atoms. The highest BCUT2D eigenvalue weighted by atomic mass is 14.0. The molecule has 0 bridgehead atoms. The smallest absolute Gasteiger partial charge is 0.0351 e. The van der Waals surface area contributed by atoms with Crippen LogP contribution in [-0.4, -0.2) is 0 Å². The Morgan fingerprint density at radius 3 is 2.06 bits per heavy atom. The molecule has 0 aromatic heterocycles. The van der Waals surface area contributed by atoms with Gasteiger partial charge in [-0.15, -0.1) is 0 Å². The lowest BCUT2D eigenvalue weighted by molar-refractivity contribution is 0.462. The Labute approximate surface area is 110 Å². The molecule has 0 spiro atoms. The summed E-state index contributed by atoms with van der Waals surface area (Å²) in [6.07, 6.45) is 17.3. The van der Waals surface area contributed by atoms with Gasteiger partial charge in [-0.1, -0.05) is 83.9 Å². The summed E-state index contributed by atoms with van der Waals surface area (Å²) in [6.45, 7) is 13.6. The summed E-state index contributed by atoms with van der Waals surface area (Å²) < 4.78 is 0. The van der Waals surface area contributed by atoms with Gasteiger partial charge < -0.3 is 0 Å². The minimum absolute atomic E-state index is 0.945. The van der Waals surface area contributed by atoms with Crippen LogP contribution in [-0.2, 0) is 0 Å². The molecule has 1 atom stereocenters. The highest BCUT2D eigenvalue weighted by Crippen LogP contribution is 2.14. The first-order chi connectivity index (χ1) is 8.22. The van der Waals surface area contributed by atoms with E-state index in [-0.39, 0.29) is 0 Å². The molecule has 0 aliphatic rings. The molecule has 0 aliphatic heterocycles. The van der Waals surface area contributed by atoms with Crippen molar-refractivity contribution in [2.75, 3.05) is 0 Å². The van der Waals surface area contributed by atoms with E-state index in [0.717, 1.165) is 5.92 Å². The molecule has 0 N–H and O–H groups in total. The molecule has 100 valence electrons. The zero-order valence-corrected chi connectivity index (χ0v) is 12.3. The summed E-state index contributed by atoms with van der Waals surface area (Å²) >= 11 is 0. The van der Waals surface area contributed by atoms with E-state index in [0.29, 0.717) is 0 Å². The first-order valence-electron chi connectivity index (χ1n) is 7.11. The van der Waals surface area contributed by atoms with Gasteiger partial charge >= 0.3 is 0 Å². The zero-order valence-electron chi connectivity index (χ0n) is 12.3. The normalized spacial score (nSPS) is 11.7. The second kappa shape index (κ2) is 17.6. The molecule has 0 saturated heterocycles. The number of allylic oxidation sites excluding steroid dienone is 4. The van der Waals surface area contributed by atoms with Crippen molar-refractivity contribution in [3.05, 3.63) is 37.5 Å². The van der Waals surface area contributed by atoms with Gasteiger partial charge in [0.05, 0.1) is 0 Å². The largest absolute Gasteiger partial charge is 0.0991 e. The molecule has 0 heteroatoms. The van der Waals surface area contributed by atoms with Gasteiger partial charge in [0.15, 0.2) is 0 Å². The molecule has 0 nitrogen and oxygen atoms in total. The second-order valence-corrected chi connectivity index (χ2v) is 4.53. The first-order valence-corrected chi connectivity index (χ1v) is 7.11. The highest BCUT2D eigenvalue weighted by Gasteiger charge is 1.98. The summed E-state index contributed by atoms with van der Waals surface area (Å²) in [5.74, 6) is 0.945. The van der Waals surface area contributed by atoms with Crippen LogP contribution in [0.4, 0.5) is 0 Å². The molecule has 0 heterocycles. The fourth-order valence-corrected chi connectivity index (χ4v) is 1.68. The lowest BCUT2D eigenvalue weighted by atomic mass is 9.99. The quantitative estimate of drug-likeness (QED) is 0.250. The summed E-state index contributed by atoms with van der Waals surface area (Å²) in [7, 11) is 0. The molecule has 0 saturated carbocycles. The van der Waals surface area contributed by atoms with Crippen molar-refractivity contribution < 1.29 is 0 Å². The third-order valence-electron chi connectivity index (χ3n) is 2.67. The maximum absolute atomic E-state index is 3.36. The Bertz CT molecular complexity index is 170. The van der Waals surface area contributed by atoms with Crippen molar-refractivity contribution in [1.29, 1.82) is 0 Å². The molecular formula is C17H32. The van der Waals surface area contributed by atoms with E-state index < -0.39 is 0 Å². The maximum atomic E-state index is 3.36. The van der Waals surface area contributed by atoms with Crippen LogP contribution in [0, 0.1) is 5.92 Å². The van der Waals surface area contributed by atoms with Crippen molar-refractivity contribution >= 4 is 0 Å². The van der Waals surface area contributed by atoms with Gasteiger partial charge in [-0.25, -0.2) is 0 Å².